The van der Waals surface area contributed by atoms with Gasteiger partial charge in [-0.1, -0.05) is 0 Å². The highest BCUT2D eigenvalue weighted by Crippen LogP contribution is 2.22. The molecule has 1 atom stereocenters. The molecule has 1 amide bonds. The molecule has 0 aliphatic carbocycles. The van der Waals surface area contributed by atoms with Crippen molar-refractivity contribution in [2.75, 3.05) is 23.7 Å². The van der Waals surface area contributed by atoms with E-state index in [1.807, 2.05) is 0 Å². The Labute approximate surface area is 98.1 Å². The molecule has 0 radical (unpaired) electrons. The Morgan fingerprint density at radius 3 is 3.18 bits per heavy atom. The fourth-order valence-electron chi connectivity index (χ4n) is 2.00. The molecule has 1 fully saturated rings. The third kappa shape index (κ3) is 2.78. The number of aromatic amines is 1. The summed E-state index contributed by atoms with van der Waals surface area (Å²) in [5.41, 5.74) is 11.3. The Morgan fingerprint density at radius 2 is 2.53 bits per heavy atom. The summed E-state index contributed by atoms with van der Waals surface area (Å²) in [7, 11) is 0. The van der Waals surface area contributed by atoms with Crippen molar-refractivity contribution in [3.8, 4) is 0 Å². The SMILES string of the molecule is Nc1cn[nH]c1N1CCCC(NNC(=O)O)C1. The van der Waals surface area contributed by atoms with Crippen molar-refractivity contribution >= 4 is 17.6 Å². The second kappa shape index (κ2) is 4.91. The number of hydrogen-bond donors (Lipinski definition) is 5. The molecule has 0 spiro atoms. The van der Waals surface area contributed by atoms with E-state index in [2.05, 4.69) is 25.9 Å². The van der Waals surface area contributed by atoms with E-state index in [4.69, 9.17) is 10.8 Å². The molecule has 17 heavy (non-hydrogen) atoms. The molecule has 0 saturated carbocycles. The third-order valence-electron chi connectivity index (χ3n) is 2.77. The maximum absolute atomic E-state index is 10.4. The molecule has 6 N–H and O–H groups in total. The number of nitrogens with zero attached hydrogens (tertiary/aromatic N) is 2. The maximum Gasteiger partial charge on any atom is 0.419 e. The number of hydrazine groups is 1. The van der Waals surface area contributed by atoms with E-state index < -0.39 is 6.09 Å². The van der Waals surface area contributed by atoms with Gasteiger partial charge in [-0.25, -0.2) is 10.2 Å². The van der Waals surface area contributed by atoms with Crippen LogP contribution in [0.1, 0.15) is 12.8 Å². The van der Waals surface area contributed by atoms with Gasteiger partial charge in [-0.2, -0.15) is 5.10 Å². The average molecular weight is 240 g/mol. The molecule has 1 aliphatic rings. The van der Waals surface area contributed by atoms with E-state index in [9.17, 15) is 4.79 Å². The molecule has 94 valence electrons. The topological polar surface area (TPSA) is 119 Å². The van der Waals surface area contributed by atoms with Crippen LogP contribution in [0.3, 0.4) is 0 Å². The normalized spacial score (nSPS) is 20.2. The van der Waals surface area contributed by atoms with E-state index in [0.717, 1.165) is 25.2 Å². The maximum atomic E-state index is 10.4. The Balaban J connectivity index is 1.93. The van der Waals surface area contributed by atoms with Gasteiger partial charge in [0.25, 0.3) is 0 Å². The third-order valence-corrected chi connectivity index (χ3v) is 2.77. The molecule has 1 aromatic rings. The second-order valence-electron chi connectivity index (χ2n) is 4.03. The van der Waals surface area contributed by atoms with Crippen LogP contribution in [0.4, 0.5) is 16.3 Å². The molecule has 1 aromatic heterocycles. The standard InChI is InChI=1S/C9H16N6O2/c10-7-4-11-13-8(7)15-3-1-2-6(5-15)12-14-9(16)17/h4,6,12,14H,1-3,5,10H2,(H,11,13)(H,16,17). The minimum absolute atomic E-state index is 0.0718. The first-order chi connectivity index (χ1) is 8.16. The Morgan fingerprint density at radius 1 is 1.71 bits per heavy atom. The lowest BCUT2D eigenvalue weighted by Crippen LogP contribution is -2.52. The van der Waals surface area contributed by atoms with Gasteiger partial charge in [-0.15, -0.1) is 0 Å². The van der Waals surface area contributed by atoms with Gasteiger partial charge >= 0.3 is 6.09 Å². The lowest BCUT2D eigenvalue weighted by atomic mass is 10.1. The zero-order chi connectivity index (χ0) is 12.3. The van der Waals surface area contributed by atoms with Crippen LogP contribution in [0.5, 0.6) is 0 Å². The first-order valence-electron chi connectivity index (χ1n) is 5.45. The molecule has 2 heterocycles. The number of amides is 1. The van der Waals surface area contributed by atoms with Crippen molar-refractivity contribution in [3.05, 3.63) is 6.20 Å². The van der Waals surface area contributed by atoms with Gasteiger partial charge in [0.05, 0.1) is 11.9 Å². The van der Waals surface area contributed by atoms with Gasteiger partial charge in [0.1, 0.15) is 5.82 Å². The summed E-state index contributed by atoms with van der Waals surface area (Å²) in [6, 6.07) is 0.0718. The molecular formula is C9H16N6O2. The molecular weight excluding hydrogens is 224 g/mol. The number of nitrogens with two attached hydrogens (primary N) is 1. The number of nitrogens with one attached hydrogen (secondary N) is 3. The first kappa shape index (κ1) is 11.5. The zero-order valence-corrected chi connectivity index (χ0v) is 9.31. The smallest absolute Gasteiger partial charge is 0.419 e. The second-order valence-corrected chi connectivity index (χ2v) is 4.03. The van der Waals surface area contributed by atoms with Gasteiger partial charge in [0, 0.05) is 19.1 Å². The van der Waals surface area contributed by atoms with Crippen molar-refractivity contribution in [3.63, 3.8) is 0 Å². The molecule has 2 rings (SSSR count). The van der Waals surface area contributed by atoms with Crippen LogP contribution in [-0.4, -0.2) is 40.5 Å². The van der Waals surface area contributed by atoms with Crippen molar-refractivity contribution < 1.29 is 9.90 Å². The minimum atomic E-state index is -1.08. The Hall–Kier alpha value is -1.96. The van der Waals surface area contributed by atoms with Crippen molar-refractivity contribution in [1.82, 2.24) is 21.0 Å². The zero-order valence-electron chi connectivity index (χ0n) is 9.31. The monoisotopic (exact) mass is 240 g/mol. The average Bonchev–Trinajstić information content (AvgIpc) is 2.73. The summed E-state index contributed by atoms with van der Waals surface area (Å²) in [4.78, 5) is 12.4. The number of carbonyl (C=O) groups is 1. The van der Waals surface area contributed by atoms with Crippen molar-refractivity contribution in [1.29, 1.82) is 0 Å². The largest absolute Gasteiger partial charge is 0.464 e. The van der Waals surface area contributed by atoms with Gasteiger partial charge in [0.2, 0.25) is 0 Å². The predicted octanol–water partition coefficient (Wildman–Crippen LogP) is -0.267. The number of piperidine rings is 1. The molecule has 1 saturated heterocycles. The quantitative estimate of drug-likeness (QED) is 0.464. The van der Waals surface area contributed by atoms with E-state index in [-0.39, 0.29) is 6.04 Å². The van der Waals surface area contributed by atoms with E-state index in [0.29, 0.717) is 12.2 Å². The molecule has 1 aliphatic heterocycles. The van der Waals surface area contributed by atoms with Crippen LogP contribution in [0.25, 0.3) is 0 Å². The molecule has 8 heteroatoms. The molecule has 8 nitrogen and oxygen atoms in total. The highest BCUT2D eigenvalue weighted by atomic mass is 16.4. The Kier molecular flexibility index (Phi) is 3.33. The molecule has 1 unspecified atom stereocenters. The number of anilines is 2. The first-order valence-corrected chi connectivity index (χ1v) is 5.45. The van der Waals surface area contributed by atoms with Crippen LogP contribution >= 0.6 is 0 Å². The lowest BCUT2D eigenvalue weighted by molar-refractivity contribution is 0.185. The molecule has 0 bridgehead atoms. The van der Waals surface area contributed by atoms with Gasteiger partial charge in [0.15, 0.2) is 0 Å². The van der Waals surface area contributed by atoms with Crippen LogP contribution in [-0.2, 0) is 0 Å². The summed E-state index contributed by atoms with van der Waals surface area (Å²) < 4.78 is 0. The highest BCUT2D eigenvalue weighted by molar-refractivity contribution is 5.64. The lowest BCUT2D eigenvalue weighted by Gasteiger charge is -2.33. The number of nitrogen functional groups attached to an aromatic ring is 1. The van der Waals surface area contributed by atoms with Gasteiger partial charge in [-0.05, 0) is 12.8 Å². The summed E-state index contributed by atoms with van der Waals surface area (Å²) >= 11 is 0. The number of hydrogen-bond acceptors (Lipinski definition) is 5. The highest BCUT2D eigenvalue weighted by Gasteiger charge is 2.22. The van der Waals surface area contributed by atoms with Crippen LogP contribution in [0.15, 0.2) is 6.20 Å². The van der Waals surface area contributed by atoms with Crippen molar-refractivity contribution in [2.24, 2.45) is 0 Å². The summed E-state index contributed by atoms with van der Waals surface area (Å²) in [5, 5.41) is 15.2. The number of H-pyrrole nitrogens is 1. The number of carboxylic acid groups (broad SMARTS) is 1. The van der Waals surface area contributed by atoms with Crippen molar-refractivity contribution in [2.45, 2.75) is 18.9 Å². The fraction of sp³-hybridized carbons (Fsp3) is 0.556. The van der Waals surface area contributed by atoms with Crippen LogP contribution in [0.2, 0.25) is 0 Å². The minimum Gasteiger partial charge on any atom is -0.464 e. The van der Waals surface area contributed by atoms with E-state index in [1.165, 1.54) is 0 Å². The Bertz CT molecular complexity index is 393. The summed E-state index contributed by atoms with van der Waals surface area (Å²) in [6.45, 7) is 1.57. The summed E-state index contributed by atoms with van der Waals surface area (Å²) in [6.07, 6.45) is 2.38. The molecule has 0 aromatic carbocycles. The van der Waals surface area contributed by atoms with E-state index in [1.54, 1.807) is 6.20 Å². The van der Waals surface area contributed by atoms with Gasteiger partial charge < -0.3 is 15.7 Å². The number of rotatable bonds is 3. The predicted molar refractivity (Wildman–Crippen MR) is 62.5 cm³/mol. The van der Waals surface area contributed by atoms with Crippen LogP contribution < -0.4 is 21.5 Å². The summed E-state index contributed by atoms with van der Waals surface area (Å²) in [5.74, 6) is 0.798. The van der Waals surface area contributed by atoms with Gasteiger partial charge in [-0.3, -0.25) is 10.5 Å². The fourth-order valence-corrected chi connectivity index (χ4v) is 2.00. The van der Waals surface area contributed by atoms with Crippen LogP contribution in [0, 0.1) is 0 Å². The number of aromatic nitrogens is 2. The van der Waals surface area contributed by atoms with E-state index >= 15 is 0 Å².